The summed E-state index contributed by atoms with van der Waals surface area (Å²) in [6.07, 6.45) is 8.98. The van der Waals surface area contributed by atoms with Crippen molar-refractivity contribution in [2.45, 2.75) is 46.5 Å². The van der Waals surface area contributed by atoms with Gasteiger partial charge in [-0.1, -0.05) is 33.6 Å². The zero-order valence-electron chi connectivity index (χ0n) is 18.0. The van der Waals surface area contributed by atoms with Gasteiger partial charge < -0.3 is 13.8 Å². The molecule has 0 unspecified atom stereocenters. The van der Waals surface area contributed by atoms with E-state index in [0.29, 0.717) is 5.41 Å². The predicted molar refractivity (Wildman–Crippen MR) is 125 cm³/mol. The van der Waals surface area contributed by atoms with Crippen molar-refractivity contribution in [3.8, 4) is 0 Å². The molecule has 0 rings (SSSR count). The summed E-state index contributed by atoms with van der Waals surface area (Å²) in [7, 11) is 5.33. The van der Waals surface area contributed by atoms with Crippen LogP contribution in [0.15, 0.2) is 0 Å². The van der Waals surface area contributed by atoms with Crippen molar-refractivity contribution in [2.24, 2.45) is 5.41 Å². The van der Waals surface area contributed by atoms with Crippen LogP contribution in [-0.2, 0) is 15.4 Å². The van der Waals surface area contributed by atoms with Crippen molar-refractivity contribution in [2.75, 3.05) is 58.5 Å². The second-order valence-electron chi connectivity index (χ2n) is 7.23. The first kappa shape index (κ1) is 33.7. The monoisotopic (exact) mass is 453 g/mol. The van der Waals surface area contributed by atoms with Gasteiger partial charge in [-0.2, -0.15) is 12.8 Å². The van der Waals surface area contributed by atoms with Crippen LogP contribution in [0.1, 0.15) is 46.5 Å². The number of hydrogen-bond acceptors (Lipinski definition) is 0. The zero-order chi connectivity index (χ0) is 20.2. The van der Waals surface area contributed by atoms with Crippen molar-refractivity contribution >= 4 is 33.8 Å². The van der Waals surface area contributed by atoms with Crippen LogP contribution in [0.3, 0.4) is 0 Å². The summed E-state index contributed by atoms with van der Waals surface area (Å²) in [6, 6.07) is 0. The summed E-state index contributed by atoms with van der Waals surface area (Å²) >= 11 is 2.10. The molecule has 0 spiro atoms. The Labute approximate surface area is 172 Å². The maximum atomic E-state index is 4.51. The zero-order valence-corrected chi connectivity index (χ0v) is 22.7. The molecule has 0 fully saturated rings. The predicted octanol–water partition coefficient (Wildman–Crippen LogP) is 8.15. The Balaban J connectivity index is -0.000000165. The third kappa shape index (κ3) is 35.3. The van der Waals surface area contributed by atoms with Gasteiger partial charge in [-0.25, -0.2) is 0 Å². The van der Waals surface area contributed by atoms with E-state index in [1.165, 1.54) is 31.3 Å². The Hall–Kier alpha value is 2.11. The van der Waals surface area contributed by atoms with Gasteiger partial charge in [0.1, 0.15) is 0 Å². The molecule has 0 aromatic heterocycles. The molecule has 0 radical (unpaired) electrons. The van der Waals surface area contributed by atoms with Crippen LogP contribution in [0, 0.1) is 19.3 Å². The van der Waals surface area contributed by atoms with Crippen molar-refractivity contribution in [1.82, 2.24) is 0 Å². The third-order valence-corrected chi connectivity index (χ3v) is 6.99. The molecule has 0 bridgehead atoms. The molecule has 0 N–H and O–H groups in total. The van der Waals surface area contributed by atoms with Crippen LogP contribution < -0.4 is 0 Å². The molecule has 0 aromatic carbocycles. The molecule has 0 saturated heterocycles. The minimum atomic E-state index is 0.271. The van der Waals surface area contributed by atoms with E-state index in [-0.39, 0.29) is 23.8 Å². The second kappa shape index (κ2) is 25.1. The van der Waals surface area contributed by atoms with Crippen LogP contribution in [0.25, 0.3) is 0 Å². The van der Waals surface area contributed by atoms with Gasteiger partial charge in [0.25, 0.3) is 0 Å². The molecule has 0 atom stereocenters. The van der Waals surface area contributed by atoms with Gasteiger partial charge >= 0.3 is 25.4 Å². The Kier molecular flexibility index (Phi) is 35.2. The molecular formula is C19H45ClCrP3. The van der Waals surface area contributed by atoms with E-state index in [0.717, 1.165) is 12.8 Å². The van der Waals surface area contributed by atoms with E-state index in [1.54, 1.807) is 0 Å². The van der Waals surface area contributed by atoms with Crippen LogP contribution in [0.2, 0.25) is 0 Å². The van der Waals surface area contributed by atoms with Crippen molar-refractivity contribution in [3.05, 3.63) is 13.8 Å². The Morgan fingerprint density at radius 3 is 0.958 bits per heavy atom. The standard InChI is InChI=1S/C11H27P3.2C4H9.ClH.Cr/c1-11(8-12(2)3,9-13(4)5)10-14(6)7;2*1-3-4-2;;/h8-10H2,1-7H3;2*1,3-4H2,2H3;1H;/q;2*-1;;+3/p-1. The Bertz CT molecular complexity index is 178. The Morgan fingerprint density at radius 1 is 0.708 bits per heavy atom. The summed E-state index contributed by atoms with van der Waals surface area (Å²) in [6.45, 7) is 28.5. The number of halogens is 1. The number of hydrogen-bond donors (Lipinski definition) is 0. The first-order valence-corrected chi connectivity index (χ1v) is 17.8. The van der Waals surface area contributed by atoms with Crippen molar-refractivity contribution < 1.29 is 15.4 Å². The van der Waals surface area contributed by atoms with Gasteiger partial charge in [0, 0.05) is 0 Å². The molecule has 0 saturated carbocycles. The summed E-state index contributed by atoms with van der Waals surface area (Å²) in [4.78, 5) is 0. The third-order valence-electron chi connectivity index (χ3n) is 2.80. The average Bonchev–Trinajstić information content (AvgIpc) is 2.46. The molecule has 24 heavy (non-hydrogen) atoms. The van der Waals surface area contributed by atoms with E-state index < -0.39 is 0 Å². The van der Waals surface area contributed by atoms with E-state index >= 15 is 0 Å². The summed E-state index contributed by atoms with van der Waals surface area (Å²) in [5.74, 6) is 0. The fourth-order valence-corrected chi connectivity index (χ4v) is 8.22. The van der Waals surface area contributed by atoms with Crippen LogP contribution in [-0.4, -0.2) is 58.5 Å². The molecule has 149 valence electrons. The molecule has 0 amide bonds. The van der Waals surface area contributed by atoms with Crippen molar-refractivity contribution in [1.29, 1.82) is 0 Å². The molecular weight excluding hydrogens is 409 g/mol. The van der Waals surface area contributed by atoms with Crippen molar-refractivity contribution in [3.63, 3.8) is 0 Å². The number of rotatable bonds is 8. The molecule has 0 aromatic rings. The van der Waals surface area contributed by atoms with E-state index in [2.05, 4.69) is 100 Å². The van der Waals surface area contributed by atoms with Crippen LogP contribution in [0.4, 0.5) is 0 Å². The SMILES string of the molecule is CP(C)CC(C)(CP(C)C)CP(C)C.[CH2-]CCC.[CH2-]CCC.[Cl][Cr+2]. The number of unbranched alkanes of at least 4 members (excludes halogenated alkanes) is 2. The van der Waals surface area contributed by atoms with Crippen LogP contribution >= 0.6 is 33.8 Å². The van der Waals surface area contributed by atoms with Crippen LogP contribution in [0.5, 0.6) is 0 Å². The fourth-order valence-electron chi connectivity index (χ4n) is 2.44. The summed E-state index contributed by atoms with van der Waals surface area (Å²) < 4.78 is 0. The molecule has 5 heteroatoms. The normalized spacial score (nSPS) is 10.4. The Morgan fingerprint density at radius 2 is 0.875 bits per heavy atom. The van der Waals surface area contributed by atoms with E-state index in [4.69, 9.17) is 0 Å². The maximum absolute atomic E-state index is 4.51. The molecule has 0 aliphatic carbocycles. The topological polar surface area (TPSA) is 0 Å². The molecule has 0 nitrogen and oxygen atoms in total. The van der Waals surface area contributed by atoms with Gasteiger partial charge in [0.15, 0.2) is 0 Å². The average molecular weight is 454 g/mol. The van der Waals surface area contributed by atoms with Gasteiger partial charge in [-0.3, -0.25) is 0 Å². The second-order valence-corrected chi connectivity index (χ2v) is 14.7. The van der Waals surface area contributed by atoms with E-state index in [9.17, 15) is 0 Å². The van der Waals surface area contributed by atoms with Gasteiger partial charge in [0.2, 0.25) is 0 Å². The fraction of sp³-hybridized carbons (Fsp3) is 0.895. The minimum absolute atomic E-state index is 0.271. The van der Waals surface area contributed by atoms with E-state index in [1.807, 2.05) is 0 Å². The molecule has 0 heterocycles. The first-order valence-electron chi connectivity index (χ1n) is 8.76. The van der Waals surface area contributed by atoms with Gasteiger partial charge in [-0.05, 0) is 63.9 Å². The van der Waals surface area contributed by atoms with Gasteiger partial charge in [0.05, 0.1) is 0 Å². The summed E-state index contributed by atoms with van der Waals surface area (Å²) in [5, 5.41) is 0. The first-order chi connectivity index (χ1) is 11.1. The molecule has 0 aliphatic rings. The summed E-state index contributed by atoms with van der Waals surface area (Å²) in [5.41, 5.74) is 0.652. The molecule has 0 aliphatic heterocycles. The quantitative estimate of drug-likeness (QED) is 0.257. The van der Waals surface area contributed by atoms with Gasteiger partial charge in [-0.15, -0.1) is 23.8 Å².